The van der Waals surface area contributed by atoms with Crippen molar-refractivity contribution in [2.75, 3.05) is 33.1 Å². The molecule has 12 heteroatoms. The van der Waals surface area contributed by atoms with Crippen LogP contribution >= 0.6 is 11.8 Å². The van der Waals surface area contributed by atoms with Crippen LogP contribution in [-0.4, -0.2) is 59.4 Å². The van der Waals surface area contributed by atoms with E-state index < -0.39 is 99.7 Å². The van der Waals surface area contributed by atoms with Crippen LogP contribution in [0.2, 0.25) is 0 Å². The second-order valence-corrected chi connectivity index (χ2v) is 12.4. The van der Waals surface area contributed by atoms with Gasteiger partial charge in [-0.3, -0.25) is 9.59 Å². The lowest BCUT2D eigenvalue weighted by Crippen LogP contribution is -2.48. The molecule has 272 valence electrons. The van der Waals surface area contributed by atoms with Crippen LogP contribution in [0.3, 0.4) is 0 Å². The molecule has 6 rings (SSSR count). The number of hydrogen-bond donors (Lipinski definition) is 0. The zero-order valence-electron chi connectivity index (χ0n) is 40.9. The number of nitrogens with zero attached hydrogens (tertiary/aromatic N) is 3. The molecule has 0 saturated carbocycles. The molecule has 2 heterocycles. The molecule has 0 aliphatic carbocycles. The average molecular weight is 750 g/mol. The summed E-state index contributed by atoms with van der Waals surface area (Å²) in [5.74, 6) is -4.05. The van der Waals surface area contributed by atoms with E-state index in [9.17, 15) is 33.6 Å². The van der Waals surface area contributed by atoms with E-state index in [-0.39, 0.29) is 42.6 Å². The Labute approximate surface area is 322 Å². The molecule has 1 amide bonds. The van der Waals surface area contributed by atoms with Gasteiger partial charge in [0.25, 0.3) is 0 Å². The Morgan fingerprint density at radius 3 is 2.38 bits per heavy atom. The number of halogens is 5. The van der Waals surface area contributed by atoms with Crippen molar-refractivity contribution >= 4 is 28.6 Å². The summed E-state index contributed by atoms with van der Waals surface area (Å²) >= 11 is 0.768. The molecule has 0 N–H and O–H groups in total. The second-order valence-electron chi connectivity index (χ2n) is 11.4. The Morgan fingerprint density at radius 2 is 1.69 bits per heavy atom. The standard InChI is InChI=1S/C40H38F5N3O3S/c1-51-22-21-46-19-17-32(18-20-46)47(24-27-9-11-28(12-10-27)29-13-15-31(16-14-29)40(43,44)45)37(50)25-48-35-8-3-2-6-33(35)36(49)23-38(48)52-26-30-5-4-7-34(41)39(30)42/h2-16,23,32H,17-22,24-26H2,1H3/i1D3,17D2,18D2,19D2,20D2,22D2,32D. The Bertz CT molecular complexity index is 2660. The van der Waals surface area contributed by atoms with E-state index in [2.05, 4.69) is 4.74 Å². The third-order valence-electron chi connectivity index (χ3n) is 8.01. The normalized spacial score (nSPS) is 23.2. The van der Waals surface area contributed by atoms with Gasteiger partial charge in [-0.05, 0) is 59.8 Å². The van der Waals surface area contributed by atoms with E-state index in [4.69, 9.17) is 12.3 Å². The summed E-state index contributed by atoms with van der Waals surface area (Å²) in [4.78, 5) is 28.4. The number of hydrogen-bond acceptors (Lipinski definition) is 5. The average Bonchev–Trinajstić information content (AvgIpc) is 3.21. The van der Waals surface area contributed by atoms with E-state index in [0.717, 1.165) is 36.0 Å². The monoisotopic (exact) mass is 749 g/mol. The molecule has 1 aliphatic heterocycles. The molecule has 1 aliphatic rings. The van der Waals surface area contributed by atoms with Crippen molar-refractivity contribution < 1.29 is 50.7 Å². The third kappa shape index (κ3) is 8.74. The summed E-state index contributed by atoms with van der Waals surface area (Å²) in [5.41, 5.74) is -0.976. The van der Waals surface area contributed by atoms with Crippen molar-refractivity contribution in [1.82, 2.24) is 14.4 Å². The Hall–Kier alpha value is -4.52. The van der Waals surface area contributed by atoms with E-state index in [0.29, 0.717) is 11.1 Å². The van der Waals surface area contributed by atoms with Gasteiger partial charge in [0.05, 0.1) is 30.9 Å². The number of ether oxygens (including phenoxy) is 1. The first-order valence-electron chi connectivity index (χ1n) is 22.5. The number of piperidine rings is 1. The minimum atomic E-state index is -4.63. The van der Waals surface area contributed by atoms with Gasteiger partial charge >= 0.3 is 6.18 Å². The van der Waals surface area contributed by atoms with Crippen molar-refractivity contribution in [3.63, 3.8) is 0 Å². The molecule has 52 heavy (non-hydrogen) atoms. The predicted molar refractivity (Wildman–Crippen MR) is 193 cm³/mol. The molecule has 6 nitrogen and oxygen atoms in total. The number of para-hydroxylation sites is 1. The molecule has 0 radical (unpaired) electrons. The largest absolute Gasteiger partial charge is 0.416 e. The van der Waals surface area contributed by atoms with Gasteiger partial charge in [0.1, 0.15) is 6.54 Å². The minimum Gasteiger partial charge on any atom is -0.383 e. The molecular formula is C40H38F5N3O3S. The van der Waals surface area contributed by atoms with Crippen LogP contribution < -0.4 is 5.43 Å². The van der Waals surface area contributed by atoms with Crippen LogP contribution in [0.1, 0.15) is 48.6 Å². The quantitative estimate of drug-likeness (QED) is 0.0948. The number of methoxy groups -OCH3 is 1. The second kappa shape index (κ2) is 16.4. The lowest BCUT2D eigenvalue weighted by Gasteiger charge is -2.39. The molecular weight excluding hydrogens is 698 g/mol. The third-order valence-corrected chi connectivity index (χ3v) is 9.10. The number of thioether (sulfide) groups is 1. The van der Waals surface area contributed by atoms with Gasteiger partial charge in [-0.1, -0.05) is 60.7 Å². The van der Waals surface area contributed by atoms with Crippen molar-refractivity contribution in [3.8, 4) is 11.1 Å². The number of benzene rings is 4. The molecule has 1 saturated heterocycles. The van der Waals surface area contributed by atoms with Crippen molar-refractivity contribution in [1.29, 1.82) is 0 Å². The summed E-state index contributed by atoms with van der Waals surface area (Å²) in [5, 5.41) is -0.0312. The number of carbonyl (C=O) groups excluding carboxylic acids is 1. The van der Waals surface area contributed by atoms with Crippen LogP contribution in [0, 0.1) is 11.6 Å². The van der Waals surface area contributed by atoms with Gasteiger partial charge in [-0.25, -0.2) is 8.78 Å². The number of amides is 1. The number of alkyl halides is 3. The maximum atomic E-state index is 15.1. The Balaban J connectivity index is 1.50. The lowest BCUT2D eigenvalue weighted by molar-refractivity contribution is -0.137. The summed E-state index contributed by atoms with van der Waals surface area (Å²) < 4.78 is 195. The molecule has 0 unspecified atom stereocenters. The van der Waals surface area contributed by atoms with Crippen LogP contribution in [0.5, 0.6) is 0 Å². The summed E-state index contributed by atoms with van der Waals surface area (Å²) in [6, 6.07) is 15.7. The van der Waals surface area contributed by atoms with Gasteiger partial charge in [-0.15, -0.1) is 11.8 Å². The number of rotatable bonds is 12. The summed E-state index contributed by atoms with van der Waals surface area (Å²) in [7, 11) is -3.49. The topological polar surface area (TPSA) is 54.8 Å². The van der Waals surface area contributed by atoms with Gasteiger partial charge in [0, 0.05) is 72.9 Å². The first-order chi connectivity index (χ1) is 30.3. The number of pyridine rings is 1. The smallest absolute Gasteiger partial charge is 0.383 e. The Morgan fingerprint density at radius 1 is 1.00 bits per heavy atom. The maximum absolute atomic E-state index is 15.1. The fourth-order valence-corrected chi connectivity index (χ4v) is 6.39. The number of likely N-dealkylation sites (tertiary alicyclic amines) is 1. The zero-order chi connectivity index (χ0) is 49.2. The molecule has 1 aromatic heterocycles. The SMILES string of the molecule is [2H]C([2H])([2H])OC([2H])([2H])CN1C([2H])([2H])C([2H])([2H])C([2H])(N(Cc2ccc(-c3ccc(C(F)(F)F)cc3)cc2)C(=O)Cn2c(SCc3cccc(F)c3F)cc(=O)c3ccccc32)C([2H])([2H])C1([2H])[2H]. The van der Waals surface area contributed by atoms with Gasteiger partial charge in [0.15, 0.2) is 17.1 Å². The highest BCUT2D eigenvalue weighted by Crippen LogP contribution is 2.32. The van der Waals surface area contributed by atoms with E-state index in [1.165, 1.54) is 77.4 Å². The van der Waals surface area contributed by atoms with Crippen LogP contribution in [0.4, 0.5) is 22.0 Å². The molecule has 0 atom stereocenters. The predicted octanol–water partition coefficient (Wildman–Crippen LogP) is 8.40. The maximum Gasteiger partial charge on any atom is 0.416 e. The fraction of sp³-hybridized carbons (Fsp3) is 0.300. The van der Waals surface area contributed by atoms with Crippen LogP contribution in [0.15, 0.2) is 107 Å². The van der Waals surface area contributed by atoms with Crippen LogP contribution in [0.25, 0.3) is 22.0 Å². The first-order valence-corrected chi connectivity index (χ1v) is 16.5. The molecule has 1 fully saturated rings. The molecule has 0 bridgehead atoms. The molecule has 4 aromatic carbocycles. The van der Waals surface area contributed by atoms with Crippen molar-refractivity contribution in [3.05, 3.63) is 136 Å². The molecule has 5 aromatic rings. The first kappa shape index (κ1) is 23.2. The minimum absolute atomic E-state index is 0.0101. The summed E-state index contributed by atoms with van der Waals surface area (Å²) in [6.07, 6.45) is -12.8. The number of aromatic nitrogens is 1. The van der Waals surface area contributed by atoms with Crippen molar-refractivity contribution in [2.24, 2.45) is 0 Å². The zero-order valence-corrected chi connectivity index (χ0v) is 27.7. The van der Waals surface area contributed by atoms with Gasteiger partial charge in [-0.2, -0.15) is 13.2 Å². The number of carbonyl (C=O) groups is 1. The fourth-order valence-electron chi connectivity index (χ4n) is 5.36. The van der Waals surface area contributed by atoms with Crippen LogP contribution in [-0.2, 0) is 34.6 Å². The van der Waals surface area contributed by atoms with Gasteiger partial charge in [0.2, 0.25) is 5.91 Å². The lowest BCUT2D eigenvalue weighted by atomic mass is 10.00. The summed E-state index contributed by atoms with van der Waals surface area (Å²) in [6.45, 7) is -15.1. The number of fused-ring (bicyclic) bond motifs is 1. The van der Waals surface area contributed by atoms with E-state index >= 15 is 4.79 Å². The highest BCUT2D eigenvalue weighted by atomic mass is 32.2. The van der Waals surface area contributed by atoms with E-state index in [1.54, 1.807) is 0 Å². The van der Waals surface area contributed by atoms with Crippen molar-refractivity contribution in [2.45, 2.75) is 48.8 Å². The Kier molecular flexibility index (Phi) is 7.34. The van der Waals surface area contributed by atoms with Gasteiger partial charge < -0.3 is 19.1 Å². The molecule has 0 spiro atoms. The van der Waals surface area contributed by atoms with E-state index in [1.807, 2.05) is 0 Å². The highest BCUT2D eigenvalue weighted by Gasteiger charge is 2.31. The highest BCUT2D eigenvalue weighted by molar-refractivity contribution is 7.98.